The van der Waals surface area contributed by atoms with Gasteiger partial charge in [-0.05, 0) is 42.0 Å². The number of hydrogen-bond acceptors (Lipinski definition) is 3. The topological polar surface area (TPSA) is 67.4 Å². The minimum absolute atomic E-state index is 0.131. The zero-order chi connectivity index (χ0) is 19.9. The third-order valence-corrected chi connectivity index (χ3v) is 3.85. The Hall–Kier alpha value is -3.74. The number of halogens is 2. The normalized spacial score (nSPS) is 10.2. The van der Waals surface area contributed by atoms with Crippen LogP contribution in [0.4, 0.5) is 8.78 Å². The van der Waals surface area contributed by atoms with Crippen LogP contribution in [0.2, 0.25) is 0 Å². The molecule has 0 saturated heterocycles. The molecule has 0 atom stereocenters. The second-order valence-corrected chi connectivity index (χ2v) is 5.80. The molecule has 2 N–H and O–H groups in total. The second kappa shape index (κ2) is 8.77. The van der Waals surface area contributed by atoms with Crippen molar-refractivity contribution in [2.45, 2.75) is 6.61 Å². The lowest BCUT2D eigenvalue weighted by Gasteiger charge is -2.12. The van der Waals surface area contributed by atoms with Gasteiger partial charge in [-0.3, -0.25) is 20.4 Å². The summed E-state index contributed by atoms with van der Waals surface area (Å²) >= 11 is 0. The SMILES string of the molecule is O=C(NNC(=O)c1ccccc1OCc1ccc(F)cc1)c1ccccc1F. The Bertz CT molecular complexity index is 991. The molecule has 2 amide bonds. The van der Waals surface area contributed by atoms with Crippen molar-refractivity contribution in [2.75, 3.05) is 0 Å². The van der Waals surface area contributed by atoms with Crippen LogP contribution in [0.25, 0.3) is 0 Å². The Balaban J connectivity index is 1.64. The number of nitrogens with one attached hydrogen (secondary N) is 2. The Labute approximate surface area is 159 Å². The first kappa shape index (κ1) is 19.0. The molecule has 0 spiro atoms. The van der Waals surface area contributed by atoms with E-state index in [1.807, 2.05) is 0 Å². The first-order chi connectivity index (χ1) is 13.5. The van der Waals surface area contributed by atoms with Gasteiger partial charge >= 0.3 is 0 Å². The van der Waals surface area contributed by atoms with Gasteiger partial charge in [-0.15, -0.1) is 0 Å². The third kappa shape index (κ3) is 4.70. The summed E-state index contributed by atoms with van der Waals surface area (Å²) in [7, 11) is 0. The molecule has 0 heterocycles. The standard InChI is InChI=1S/C21H16F2N2O3/c22-15-11-9-14(10-12-15)13-28-19-8-4-2-6-17(19)21(27)25-24-20(26)16-5-1-3-7-18(16)23/h1-12H,13H2,(H,24,26)(H,25,27). The quantitative estimate of drug-likeness (QED) is 0.663. The molecule has 0 bridgehead atoms. The summed E-state index contributed by atoms with van der Waals surface area (Å²) in [6, 6.07) is 17.6. The zero-order valence-corrected chi connectivity index (χ0v) is 14.6. The summed E-state index contributed by atoms with van der Waals surface area (Å²) < 4.78 is 32.2. The third-order valence-electron chi connectivity index (χ3n) is 3.85. The number of hydrazine groups is 1. The van der Waals surface area contributed by atoms with Crippen LogP contribution in [0.1, 0.15) is 26.3 Å². The van der Waals surface area contributed by atoms with E-state index in [0.717, 1.165) is 11.6 Å². The molecule has 142 valence electrons. The summed E-state index contributed by atoms with van der Waals surface area (Å²) in [5.41, 5.74) is 5.12. The van der Waals surface area contributed by atoms with Crippen molar-refractivity contribution in [2.24, 2.45) is 0 Å². The Morgan fingerprint density at radius 1 is 0.750 bits per heavy atom. The van der Waals surface area contributed by atoms with Crippen LogP contribution in [0.5, 0.6) is 5.75 Å². The van der Waals surface area contributed by atoms with Crippen molar-refractivity contribution in [1.82, 2.24) is 10.9 Å². The number of carbonyl (C=O) groups excluding carboxylic acids is 2. The van der Waals surface area contributed by atoms with E-state index in [0.29, 0.717) is 0 Å². The van der Waals surface area contributed by atoms with Gasteiger partial charge in [-0.1, -0.05) is 36.4 Å². The molecule has 5 nitrogen and oxygen atoms in total. The van der Waals surface area contributed by atoms with Crippen molar-refractivity contribution in [3.8, 4) is 5.75 Å². The molecule has 0 aliphatic heterocycles. The summed E-state index contributed by atoms with van der Waals surface area (Å²) in [6.45, 7) is 0.131. The lowest BCUT2D eigenvalue weighted by atomic mass is 10.2. The fourth-order valence-corrected chi connectivity index (χ4v) is 2.42. The van der Waals surface area contributed by atoms with Crippen molar-refractivity contribution in [3.05, 3.63) is 101 Å². The molecule has 0 aromatic heterocycles. The maximum atomic E-state index is 13.6. The van der Waals surface area contributed by atoms with Gasteiger partial charge in [0.05, 0.1) is 11.1 Å². The number of carbonyl (C=O) groups is 2. The minimum Gasteiger partial charge on any atom is -0.488 e. The predicted molar refractivity (Wildman–Crippen MR) is 98.5 cm³/mol. The number of ether oxygens (including phenoxy) is 1. The van der Waals surface area contributed by atoms with Gasteiger partial charge in [0, 0.05) is 0 Å². The summed E-state index contributed by atoms with van der Waals surface area (Å²) in [6.07, 6.45) is 0. The number of amides is 2. The Kier molecular flexibility index (Phi) is 5.96. The first-order valence-corrected chi connectivity index (χ1v) is 8.36. The molecule has 3 aromatic rings. The van der Waals surface area contributed by atoms with Crippen LogP contribution in [0.15, 0.2) is 72.8 Å². The van der Waals surface area contributed by atoms with E-state index in [4.69, 9.17) is 4.74 Å². The van der Waals surface area contributed by atoms with E-state index >= 15 is 0 Å². The molecular formula is C21H16F2N2O3. The fraction of sp³-hybridized carbons (Fsp3) is 0.0476. The van der Waals surface area contributed by atoms with E-state index < -0.39 is 17.6 Å². The fourth-order valence-electron chi connectivity index (χ4n) is 2.42. The lowest BCUT2D eigenvalue weighted by molar-refractivity contribution is 0.0841. The van der Waals surface area contributed by atoms with Crippen LogP contribution in [0.3, 0.4) is 0 Å². The Morgan fingerprint density at radius 2 is 1.32 bits per heavy atom. The molecule has 0 saturated carbocycles. The van der Waals surface area contributed by atoms with E-state index in [-0.39, 0.29) is 29.3 Å². The van der Waals surface area contributed by atoms with Gasteiger partial charge in [0.1, 0.15) is 24.0 Å². The van der Waals surface area contributed by atoms with Crippen LogP contribution in [-0.2, 0) is 6.61 Å². The number of para-hydroxylation sites is 1. The highest BCUT2D eigenvalue weighted by atomic mass is 19.1. The highest BCUT2D eigenvalue weighted by Crippen LogP contribution is 2.19. The monoisotopic (exact) mass is 382 g/mol. The van der Waals surface area contributed by atoms with Crippen LogP contribution in [-0.4, -0.2) is 11.8 Å². The predicted octanol–water partition coefficient (Wildman–Crippen LogP) is 3.62. The zero-order valence-electron chi connectivity index (χ0n) is 14.6. The van der Waals surface area contributed by atoms with Crippen LogP contribution in [0, 0.1) is 11.6 Å². The smallest absolute Gasteiger partial charge is 0.273 e. The second-order valence-electron chi connectivity index (χ2n) is 5.80. The number of benzene rings is 3. The van der Waals surface area contributed by atoms with Gasteiger partial charge in [0.25, 0.3) is 11.8 Å². The molecule has 7 heteroatoms. The maximum absolute atomic E-state index is 13.6. The van der Waals surface area contributed by atoms with E-state index in [2.05, 4.69) is 10.9 Å². The molecule has 3 aromatic carbocycles. The Morgan fingerprint density at radius 3 is 2.00 bits per heavy atom. The largest absolute Gasteiger partial charge is 0.488 e. The van der Waals surface area contributed by atoms with Gasteiger partial charge in [-0.2, -0.15) is 0 Å². The van der Waals surface area contributed by atoms with Crippen molar-refractivity contribution in [1.29, 1.82) is 0 Å². The van der Waals surface area contributed by atoms with Gasteiger partial charge in [0.15, 0.2) is 0 Å². The molecule has 0 radical (unpaired) electrons. The van der Waals surface area contributed by atoms with Crippen LogP contribution >= 0.6 is 0 Å². The van der Waals surface area contributed by atoms with Crippen LogP contribution < -0.4 is 15.6 Å². The highest BCUT2D eigenvalue weighted by molar-refractivity contribution is 6.00. The summed E-state index contributed by atoms with van der Waals surface area (Å²) in [4.78, 5) is 24.4. The molecule has 3 rings (SSSR count). The van der Waals surface area contributed by atoms with E-state index in [1.165, 1.54) is 36.4 Å². The summed E-state index contributed by atoms with van der Waals surface area (Å²) in [5.74, 6) is -2.17. The molecule has 0 fully saturated rings. The maximum Gasteiger partial charge on any atom is 0.273 e. The number of hydrogen-bond donors (Lipinski definition) is 2. The van der Waals surface area contributed by atoms with E-state index in [9.17, 15) is 18.4 Å². The average molecular weight is 382 g/mol. The molecule has 0 aliphatic carbocycles. The average Bonchev–Trinajstić information content (AvgIpc) is 2.72. The van der Waals surface area contributed by atoms with Crippen molar-refractivity contribution in [3.63, 3.8) is 0 Å². The van der Waals surface area contributed by atoms with Gasteiger partial charge in [0.2, 0.25) is 0 Å². The van der Waals surface area contributed by atoms with Gasteiger partial charge in [-0.25, -0.2) is 8.78 Å². The molecule has 0 unspecified atom stereocenters. The first-order valence-electron chi connectivity index (χ1n) is 8.36. The summed E-state index contributed by atoms with van der Waals surface area (Å²) in [5, 5.41) is 0. The lowest BCUT2D eigenvalue weighted by Crippen LogP contribution is -2.42. The minimum atomic E-state index is -0.781. The van der Waals surface area contributed by atoms with Crippen molar-refractivity contribution >= 4 is 11.8 Å². The highest BCUT2D eigenvalue weighted by Gasteiger charge is 2.15. The van der Waals surface area contributed by atoms with E-state index in [1.54, 1.807) is 30.3 Å². The molecule has 0 aliphatic rings. The van der Waals surface area contributed by atoms with Crippen molar-refractivity contribution < 1.29 is 23.1 Å². The molecule has 28 heavy (non-hydrogen) atoms. The van der Waals surface area contributed by atoms with Gasteiger partial charge < -0.3 is 4.74 Å². The molecular weight excluding hydrogens is 366 g/mol. The number of rotatable bonds is 5.